The highest BCUT2D eigenvalue weighted by Gasteiger charge is 2.40. The molecule has 3 heteroatoms. The molecule has 0 radical (unpaired) electrons. The van der Waals surface area contributed by atoms with Crippen LogP contribution in [0.5, 0.6) is 0 Å². The Labute approximate surface area is 263 Å². The first-order chi connectivity index (χ1) is 20.7. The first-order valence-corrected chi connectivity index (χ1v) is 18.4. The maximum Gasteiger partial charge on any atom is 0.0698 e. The number of hydrogen-bond acceptors (Lipinski definition) is 2. The summed E-state index contributed by atoms with van der Waals surface area (Å²) in [5.41, 5.74) is 12.0. The molecule has 2 aliphatic rings. The Balaban J connectivity index is 1.63. The topological polar surface area (TPSA) is 24.7 Å². The van der Waals surface area contributed by atoms with E-state index in [1.807, 2.05) is 0 Å². The highest BCUT2D eigenvalue weighted by Crippen LogP contribution is 2.56. The van der Waals surface area contributed by atoms with Crippen LogP contribution < -0.4 is 5.30 Å². The molecule has 0 saturated heterocycles. The fourth-order valence-electron chi connectivity index (χ4n) is 7.23. The second kappa shape index (κ2) is 14.0. The maximum atomic E-state index is 5.68. The van der Waals surface area contributed by atoms with Gasteiger partial charge in [-0.1, -0.05) is 130 Å². The largest absolute Gasteiger partial charge is 0.257 e. The Morgan fingerprint density at radius 3 is 1.23 bits per heavy atom. The fraction of sp³-hybridized carbons (Fsp3) is 0.500. The molecular weight excluding hydrogens is 539 g/mol. The second-order valence-electron chi connectivity index (χ2n) is 14.0. The minimum atomic E-state index is -0.490. The molecule has 3 aromatic carbocycles. The van der Waals surface area contributed by atoms with Gasteiger partial charge >= 0.3 is 0 Å². The molecule has 0 amide bonds. The molecule has 0 N–H and O–H groups in total. The smallest absolute Gasteiger partial charge is 0.0698 e. The van der Waals surface area contributed by atoms with E-state index in [4.69, 9.17) is 9.98 Å². The number of nitrogens with zero attached hydrogens (tertiary/aromatic N) is 2. The average Bonchev–Trinajstić information content (AvgIpc) is 3.63. The number of aliphatic imine (C=N–C) groups is 2. The molecule has 2 aliphatic carbocycles. The fourth-order valence-corrected chi connectivity index (χ4v) is 10.8. The lowest BCUT2D eigenvalue weighted by Crippen LogP contribution is -2.28. The highest BCUT2D eigenvalue weighted by molar-refractivity contribution is 7.69. The van der Waals surface area contributed by atoms with Crippen molar-refractivity contribution in [2.45, 2.75) is 129 Å². The van der Waals surface area contributed by atoms with Crippen LogP contribution in [-0.2, 0) is 0 Å². The Hall–Kier alpha value is -2.57. The summed E-state index contributed by atoms with van der Waals surface area (Å²) >= 11 is 0. The summed E-state index contributed by atoms with van der Waals surface area (Å²) in [6.07, 6.45) is 7.19. The van der Waals surface area contributed by atoms with Gasteiger partial charge in [-0.15, -0.1) is 0 Å². The van der Waals surface area contributed by atoms with Crippen LogP contribution in [0.2, 0.25) is 0 Å². The van der Waals surface area contributed by atoms with Crippen LogP contribution in [0.15, 0.2) is 76.7 Å². The van der Waals surface area contributed by atoms with Crippen LogP contribution in [0, 0.1) is 0 Å². The molecule has 43 heavy (non-hydrogen) atoms. The molecule has 0 aromatic heterocycles. The zero-order valence-corrected chi connectivity index (χ0v) is 28.8. The van der Waals surface area contributed by atoms with Crippen molar-refractivity contribution in [3.05, 3.63) is 89.0 Å². The van der Waals surface area contributed by atoms with Gasteiger partial charge in [-0.25, -0.2) is 0 Å². The maximum absolute atomic E-state index is 5.68. The monoisotopic (exact) mass is 592 g/mol. The Morgan fingerprint density at radius 1 is 0.512 bits per heavy atom. The number of rotatable bonds is 9. The summed E-state index contributed by atoms with van der Waals surface area (Å²) < 4.78 is 0. The van der Waals surface area contributed by atoms with Crippen LogP contribution in [0.4, 0.5) is 11.4 Å². The summed E-state index contributed by atoms with van der Waals surface area (Å²) in [7, 11) is -0.490. The van der Waals surface area contributed by atoms with Crippen molar-refractivity contribution in [1.29, 1.82) is 0 Å². The van der Waals surface area contributed by atoms with Crippen molar-refractivity contribution in [2.75, 3.05) is 0 Å². The summed E-state index contributed by atoms with van der Waals surface area (Å²) in [5.74, 6) is 1.83. The van der Waals surface area contributed by atoms with E-state index < -0.39 is 7.92 Å². The predicted octanol–water partition coefficient (Wildman–Crippen LogP) is 11.9. The van der Waals surface area contributed by atoms with E-state index in [-0.39, 0.29) is 0 Å². The molecule has 3 aromatic rings. The molecule has 2 unspecified atom stereocenters. The number of benzene rings is 3. The standard InChI is InChI=1S/C40H53N2P/c1-26(2)31-18-12-19-32(27(3)4)39(31)41-35-22-14-24-37(35)43(30-16-10-9-11-17-30)38-25-15-23-36(38)42-40-33(28(5)6)20-13-21-34(40)29(7)8/h9-13,16-21,26-29,37-38H,14-15,22-25H2,1-8H3. The molecule has 2 saturated carbocycles. The van der Waals surface area contributed by atoms with Gasteiger partial charge in [-0.3, -0.25) is 9.98 Å². The first-order valence-electron chi connectivity index (χ1n) is 16.9. The van der Waals surface area contributed by atoms with Gasteiger partial charge in [0, 0.05) is 22.7 Å². The van der Waals surface area contributed by atoms with Gasteiger partial charge in [0.15, 0.2) is 0 Å². The van der Waals surface area contributed by atoms with Gasteiger partial charge < -0.3 is 0 Å². The van der Waals surface area contributed by atoms with Crippen LogP contribution in [0.1, 0.15) is 140 Å². The molecule has 0 aliphatic heterocycles. The van der Waals surface area contributed by atoms with Crippen LogP contribution in [-0.4, -0.2) is 22.7 Å². The summed E-state index contributed by atoms with van der Waals surface area (Å²) in [6.45, 7) is 18.5. The predicted molar refractivity (Wildman–Crippen MR) is 192 cm³/mol. The minimum Gasteiger partial charge on any atom is -0.257 e. The van der Waals surface area contributed by atoms with Gasteiger partial charge in [0.25, 0.3) is 0 Å². The third-order valence-corrected chi connectivity index (χ3v) is 12.9. The van der Waals surface area contributed by atoms with Crippen LogP contribution in [0.25, 0.3) is 0 Å². The molecule has 0 bridgehead atoms. The van der Waals surface area contributed by atoms with Gasteiger partial charge in [-0.05, 0) is 89.8 Å². The number of para-hydroxylation sites is 2. The number of hydrogen-bond donors (Lipinski definition) is 0. The lowest BCUT2D eigenvalue weighted by atomic mass is 9.93. The third kappa shape index (κ3) is 6.91. The third-order valence-electron chi connectivity index (χ3n) is 9.51. The SMILES string of the molecule is CC(C)c1cccc(C(C)C)c1N=C1CCCC1P(c1ccccc1)C1CCCC1=Nc1c(C(C)C)cccc1C(C)C. The van der Waals surface area contributed by atoms with Crippen LogP contribution >= 0.6 is 7.92 Å². The van der Waals surface area contributed by atoms with Crippen molar-refractivity contribution in [2.24, 2.45) is 9.98 Å². The summed E-state index contributed by atoms with van der Waals surface area (Å²) in [4.78, 5) is 11.4. The van der Waals surface area contributed by atoms with Crippen molar-refractivity contribution in [3.8, 4) is 0 Å². The molecule has 2 atom stereocenters. The molecule has 2 nitrogen and oxygen atoms in total. The van der Waals surface area contributed by atoms with Crippen molar-refractivity contribution < 1.29 is 0 Å². The van der Waals surface area contributed by atoms with E-state index in [9.17, 15) is 0 Å². The van der Waals surface area contributed by atoms with Crippen molar-refractivity contribution >= 4 is 36.0 Å². The highest BCUT2D eigenvalue weighted by atomic mass is 31.1. The summed E-state index contributed by atoms with van der Waals surface area (Å²) in [6, 6.07) is 25.2. The Kier molecular flexibility index (Phi) is 10.4. The molecule has 5 rings (SSSR count). The molecular formula is C40H53N2P. The van der Waals surface area contributed by atoms with E-state index in [1.165, 1.54) is 76.0 Å². The molecule has 228 valence electrons. The zero-order valence-electron chi connectivity index (χ0n) is 27.9. The zero-order chi connectivity index (χ0) is 30.7. The molecule has 0 heterocycles. The van der Waals surface area contributed by atoms with E-state index in [0.29, 0.717) is 35.0 Å². The van der Waals surface area contributed by atoms with E-state index in [2.05, 4.69) is 122 Å². The quantitative estimate of drug-likeness (QED) is 0.221. The van der Waals surface area contributed by atoms with Gasteiger partial charge in [0.2, 0.25) is 0 Å². The molecule has 0 spiro atoms. The van der Waals surface area contributed by atoms with E-state index in [1.54, 1.807) is 0 Å². The Bertz CT molecular complexity index is 1300. The van der Waals surface area contributed by atoms with Crippen LogP contribution in [0.3, 0.4) is 0 Å². The van der Waals surface area contributed by atoms with Crippen molar-refractivity contribution in [3.63, 3.8) is 0 Å². The average molecular weight is 593 g/mol. The lowest BCUT2D eigenvalue weighted by molar-refractivity contribution is 0.834. The van der Waals surface area contributed by atoms with Crippen molar-refractivity contribution in [1.82, 2.24) is 0 Å². The van der Waals surface area contributed by atoms with Gasteiger partial charge in [0.05, 0.1) is 11.4 Å². The molecule has 2 fully saturated rings. The van der Waals surface area contributed by atoms with Gasteiger partial charge in [0.1, 0.15) is 0 Å². The van der Waals surface area contributed by atoms with Gasteiger partial charge in [-0.2, -0.15) is 0 Å². The first kappa shape index (κ1) is 31.8. The summed E-state index contributed by atoms with van der Waals surface area (Å²) in [5, 5.41) is 1.53. The minimum absolute atomic E-state index is 0.457. The lowest BCUT2D eigenvalue weighted by Gasteiger charge is -2.32. The van der Waals surface area contributed by atoms with E-state index in [0.717, 1.165) is 12.8 Å². The normalized spacial score (nSPS) is 21.8. The second-order valence-corrected chi connectivity index (χ2v) is 16.5. The Morgan fingerprint density at radius 2 is 0.884 bits per heavy atom. The van der Waals surface area contributed by atoms with E-state index >= 15 is 0 Å².